The van der Waals surface area contributed by atoms with Crippen molar-refractivity contribution in [1.82, 2.24) is 20.2 Å². The Morgan fingerprint density at radius 1 is 1.36 bits per heavy atom. The van der Waals surface area contributed by atoms with Crippen molar-refractivity contribution in [3.8, 4) is 0 Å². The Kier molecular flexibility index (Phi) is 4.19. The normalized spacial score (nSPS) is 19.3. The molecule has 1 amide bonds. The summed E-state index contributed by atoms with van der Waals surface area (Å²) in [6, 6.07) is 1.69. The van der Waals surface area contributed by atoms with Crippen molar-refractivity contribution in [2.24, 2.45) is 0 Å². The third kappa shape index (κ3) is 3.33. The highest BCUT2D eigenvalue weighted by Gasteiger charge is 2.29. The number of rotatable bonds is 4. The summed E-state index contributed by atoms with van der Waals surface area (Å²) in [5, 5.41) is 10.3. The van der Waals surface area contributed by atoms with Crippen LogP contribution in [0.3, 0.4) is 0 Å². The molecule has 0 unspecified atom stereocenters. The second-order valence-corrected chi connectivity index (χ2v) is 5.53. The van der Waals surface area contributed by atoms with Crippen LogP contribution in [-0.2, 0) is 4.79 Å². The summed E-state index contributed by atoms with van der Waals surface area (Å²) in [6.07, 6.45) is 3.06. The number of anilines is 1. The predicted molar refractivity (Wildman–Crippen MR) is 77.1 cm³/mol. The molecule has 2 aromatic heterocycles. The maximum absolute atomic E-state index is 12.2. The van der Waals surface area contributed by atoms with E-state index in [0.29, 0.717) is 23.3 Å². The number of hydrogen-bond acceptors (Lipinski definition) is 7. The monoisotopic (exact) mass is 305 g/mol. The molecule has 1 N–H and O–H groups in total. The average molecular weight is 305 g/mol. The van der Waals surface area contributed by atoms with Crippen LogP contribution >= 0.6 is 0 Å². The van der Waals surface area contributed by atoms with Crippen molar-refractivity contribution in [3.05, 3.63) is 23.5 Å². The van der Waals surface area contributed by atoms with Gasteiger partial charge in [0.15, 0.2) is 11.6 Å². The summed E-state index contributed by atoms with van der Waals surface area (Å²) in [6.45, 7) is 4.66. The molecule has 1 fully saturated rings. The Balaban J connectivity index is 1.64. The van der Waals surface area contributed by atoms with Gasteiger partial charge in [-0.15, -0.1) is 0 Å². The summed E-state index contributed by atoms with van der Waals surface area (Å²) < 4.78 is 10.2. The van der Waals surface area contributed by atoms with Gasteiger partial charge in [0.1, 0.15) is 5.76 Å². The van der Waals surface area contributed by atoms with Crippen molar-refractivity contribution >= 4 is 11.7 Å². The summed E-state index contributed by atoms with van der Waals surface area (Å²) in [5.74, 6) is 2.17. The van der Waals surface area contributed by atoms with E-state index < -0.39 is 0 Å². The number of hydrogen-bond donors (Lipinski definition) is 1. The number of amides is 1. The van der Waals surface area contributed by atoms with Gasteiger partial charge in [0.25, 0.3) is 0 Å². The molecule has 1 aliphatic heterocycles. The minimum Gasteiger partial charge on any atom is -0.360 e. The number of carbonyl (C=O) groups is 1. The van der Waals surface area contributed by atoms with E-state index in [1.165, 1.54) is 0 Å². The molecule has 118 valence electrons. The Labute approximate surface area is 127 Å². The Morgan fingerprint density at radius 3 is 2.91 bits per heavy atom. The van der Waals surface area contributed by atoms with E-state index in [1.807, 2.05) is 0 Å². The van der Waals surface area contributed by atoms with Crippen LogP contribution in [0.1, 0.15) is 42.8 Å². The zero-order chi connectivity index (χ0) is 15.5. The fraction of sp³-hybridized carbons (Fsp3) is 0.571. The number of nitrogens with zero attached hydrogens (tertiary/aromatic N) is 4. The Bertz CT molecular complexity index is 650. The van der Waals surface area contributed by atoms with Crippen molar-refractivity contribution in [3.63, 3.8) is 0 Å². The molecule has 3 heterocycles. The Hall–Kier alpha value is -2.22. The highest BCUT2D eigenvalue weighted by Crippen LogP contribution is 2.29. The third-order valence-corrected chi connectivity index (χ3v) is 3.68. The van der Waals surface area contributed by atoms with Crippen LogP contribution in [0.5, 0.6) is 0 Å². The molecule has 2 aromatic rings. The number of carbonyl (C=O) groups excluding carboxylic acids is 1. The molecule has 22 heavy (non-hydrogen) atoms. The van der Waals surface area contributed by atoms with E-state index in [2.05, 4.69) is 25.5 Å². The van der Waals surface area contributed by atoms with Gasteiger partial charge in [0.2, 0.25) is 11.8 Å². The lowest BCUT2D eigenvalue weighted by Crippen LogP contribution is -2.39. The quantitative estimate of drug-likeness (QED) is 0.920. The number of piperidine rings is 1. The van der Waals surface area contributed by atoms with Crippen LogP contribution in [-0.4, -0.2) is 39.2 Å². The molecular formula is C14H19N5O3. The van der Waals surface area contributed by atoms with E-state index in [1.54, 1.807) is 19.9 Å². The largest absolute Gasteiger partial charge is 0.360 e. The van der Waals surface area contributed by atoms with Gasteiger partial charge in [-0.05, 0) is 33.2 Å². The number of likely N-dealkylation sites (tertiary alicyclic amines) is 1. The molecule has 1 atom stereocenters. The Morgan fingerprint density at radius 2 is 2.23 bits per heavy atom. The van der Waals surface area contributed by atoms with Gasteiger partial charge in [0, 0.05) is 6.07 Å². The predicted octanol–water partition coefficient (Wildman–Crippen LogP) is 1.84. The first-order chi connectivity index (χ1) is 10.6. The zero-order valence-corrected chi connectivity index (χ0v) is 12.7. The first kappa shape index (κ1) is 14.7. The van der Waals surface area contributed by atoms with Crippen molar-refractivity contribution in [2.75, 3.05) is 18.4 Å². The second-order valence-electron chi connectivity index (χ2n) is 5.53. The number of aryl methyl sites for hydroxylation is 2. The van der Waals surface area contributed by atoms with Crippen LogP contribution in [0.2, 0.25) is 0 Å². The first-order valence-electron chi connectivity index (χ1n) is 7.39. The van der Waals surface area contributed by atoms with Gasteiger partial charge >= 0.3 is 0 Å². The molecule has 8 heteroatoms. The van der Waals surface area contributed by atoms with E-state index in [4.69, 9.17) is 9.05 Å². The zero-order valence-electron chi connectivity index (χ0n) is 12.7. The van der Waals surface area contributed by atoms with Crippen molar-refractivity contribution in [1.29, 1.82) is 0 Å². The molecular weight excluding hydrogens is 286 g/mol. The second kappa shape index (κ2) is 6.27. The van der Waals surface area contributed by atoms with Crippen molar-refractivity contribution < 1.29 is 13.8 Å². The molecule has 0 aromatic carbocycles. The summed E-state index contributed by atoms with van der Waals surface area (Å²) in [7, 11) is 0. The van der Waals surface area contributed by atoms with Gasteiger partial charge in [-0.25, -0.2) is 0 Å². The standard InChI is InChI=1S/C14H19N5O3/c1-9-7-12(18-21-9)16-13(20)8-19-6-4-3-5-11(19)14-15-10(2)17-22-14/h7,11H,3-6,8H2,1-2H3,(H,16,18,20)/t11-/m1/s1. The summed E-state index contributed by atoms with van der Waals surface area (Å²) in [5.41, 5.74) is 0. The highest BCUT2D eigenvalue weighted by atomic mass is 16.5. The molecule has 8 nitrogen and oxygen atoms in total. The maximum atomic E-state index is 12.2. The lowest BCUT2D eigenvalue weighted by molar-refractivity contribution is -0.118. The van der Waals surface area contributed by atoms with Crippen LogP contribution in [0.25, 0.3) is 0 Å². The van der Waals surface area contributed by atoms with Gasteiger partial charge in [-0.1, -0.05) is 16.7 Å². The fourth-order valence-corrected chi connectivity index (χ4v) is 2.70. The van der Waals surface area contributed by atoms with E-state index >= 15 is 0 Å². The lowest BCUT2D eigenvalue weighted by Gasteiger charge is -2.32. The smallest absolute Gasteiger partial charge is 0.243 e. The van der Waals surface area contributed by atoms with Crippen molar-refractivity contribution in [2.45, 2.75) is 39.2 Å². The molecule has 0 spiro atoms. The third-order valence-electron chi connectivity index (χ3n) is 3.68. The van der Waals surface area contributed by atoms with Crippen LogP contribution in [0.4, 0.5) is 5.82 Å². The first-order valence-corrected chi connectivity index (χ1v) is 7.39. The van der Waals surface area contributed by atoms with Gasteiger partial charge in [-0.2, -0.15) is 4.98 Å². The van der Waals surface area contributed by atoms with Crippen LogP contribution < -0.4 is 5.32 Å². The molecule has 0 bridgehead atoms. The maximum Gasteiger partial charge on any atom is 0.243 e. The molecule has 1 saturated heterocycles. The number of aromatic nitrogens is 3. The molecule has 1 aliphatic rings. The molecule has 0 saturated carbocycles. The van der Waals surface area contributed by atoms with E-state index in [-0.39, 0.29) is 18.5 Å². The number of nitrogens with one attached hydrogen (secondary N) is 1. The topological polar surface area (TPSA) is 97.3 Å². The van der Waals surface area contributed by atoms with Gasteiger partial charge in [-0.3, -0.25) is 9.69 Å². The highest BCUT2D eigenvalue weighted by molar-refractivity contribution is 5.91. The van der Waals surface area contributed by atoms with Gasteiger partial charge in [0.05, 0.1) is 12.6 Å². The molecule has 3 rings (SSSR count). The van der Waals surface area contributed by atoms with Gasteiger partial charge < -0.3 is 14.4 Å². The lowest BCUT2D eigenvalue weighted by atomic mass is 10.0. The average Bonchev–Trinajstić information content (AvgIpc) is 3.08. The SMILES string of the molecule is Cc1noc([C@H]2CCCCN2CC(=O)Nc2cc(C)on2)n1. The van der Waals surface area contributed by atoms with E-state index in [0.717, 1.165) is 25.8 Å². The van der Waals surface area contributed by atoms with Crippen LogP contribution in [0.15, 0.2) is 15.1 Å². The molecule has 0 aliphatic carbocycles. The molecule has 0 radical (unpaired) electrons. The summed E-state index contributed by atoms with van der Waals surface area (Å²) >= 11 is 0. The minimum absolute atomic E-state index is 0.000236. The minimum atomic E-state index is -0.128. The van der Waals surface area contributed by atoms with E-state index in [9.17, 15) is 4.79 Å². The fourth-order valence-electron chi connectivity index (χ4n) is 2.70. The van der Waals surface area contributed by atoms with Crippen LogP contribution in [0, 0.1) is 13.8 Å². The summed E-state index contributed by atoms with van der Waals surface area (Å²) in [4.78, 5) is 18.5.